The summed E-state index contributed by atoms with van der Waals surface area (Å²) in [6, 6.07) is 10.0. The lowest BCUT2D eigenvalue weighted by Gasteiger charge is -2.29. The number of rotatable bonds is 6. The van der Waals surface area contributed by atoms with Gasteiger partial charge in [-0.25, -0.2) is 0 Å². The molecule has 2 aromatic rings. The molecule has 0 atom stereocenters. The van der Waals surface area contributed by atoms with E-state index in [-0.39, 0.29) is 28.4 Å². The number of ketones is 1. The molecule has 1 fully saturated rings. The quantitative estimate of drug-likeness (QED) is 0.281. The molecular formula is C27H32N2O2. The van der Waals surface area contributed by atoms with Crippen molar-refractivity contribution >= 4 is 17.2 Å². The Morgan fingerprint density at radius 3 is 2.42 bits per heavy atom. The number of carbonyl (C=O) groups is 1. The number of fused-ring (bicyclic) bond motifs is 1. The molecule has 4 heteroatoms. The van der Waals surface area contributed by atoms with E-state index in [0.29, 0.717) is 17.2 Å². The number of unbranched alkanes of at least 4 members (excludes halogenated alkanes) is 2. The fraction of sp³-hybridized carbons (Fsp3) is 0.407. The second-order valence-electron chi connectivity index (χ2n) is 9.06. The first-order valence-corrected chi connectivity index (χ1v) is 11.6. The molecule has 2 aliphatic carbocycles. The zero-order valence-electron chi connectivity index (χ0n) is 18.3. The highest BCUT2D eigenvalue weighted by atomic mass is 16.3. The van der Waals surface area contributed by atoms with E-state index < -0.39 is 0 Å². The molecule has 162 valence electrons. The summed E-state index contributed by atoms with van der Waals surface area (Å²) in [4.78, 5) is 12.2. The van der Waals surface area contributed by atoms with Gasteiger partial charge in [0.1, 0.15) is 5.75 Å². The Morgan fingerprint density at radius 1 is 1.03 bits per heavy atom. The first-order valence-electron chi connectivity index (χ1n) is 11.6. The van der Waals surface area contributed by atoms with Crippen molar-refractivity contribution in [2.45, 2.75) is 64.2 Å². The minimum Gasteiger partial charge on any atom is -0.507 e. The lowest BCUT2D eigenvalue weighted by atomic mass is 9.77. The first kappa shape index (κ1) is 21.4. The first-order chi connectivity index (χ1) is 15.0. The molecule has 0 radical (unpaired) electrons. The van der Waals surface area contributed by atoms with Crippen molar-refractivity contribution in [2.75, 3.05) is 5.73 Å². The van der Waals surface area contributed by atoms with Crippen LogP contribution in [0.3, 0.4) is 0 Å². The second kappa shape index (κ2) is 9.09. The number of phenolic OH excluding ortho intramolecular Hbond substituents is 1. The molecule has 31 heavy (non-hydrogen) atoms. The molecule has 0 aliphatic heterocycles. The Labute approximate surface area is 184 Å². The van der Waals surface area contributed by atoms with Gasteiger partial charge >= 0.3 is 0 Å². The summed E-state index contributed by atoms with van der Waals surface area (Å²) < 4.78 is 0. The molecule has 0 spiro atoms. The van der Waals surface area contributed by atoms with Crippen LogP contribution in [-0.2, 0) is 0 Å². The minimum absolute atomic E-state index is 0.0489. The number of anilines is 1. The van der Waals surface area contributed by atoms with Gasteiger partial charge in [0.05, 0.1) is 16.8 Å². The molecular weight excluding hydrogens is 384 g/mol. The molecule has 0 amide bonds. The van der Waals surface area contributed by atoms with Crippen molar-refractivity contribution < 1.29 is 9.90 Å². The largest absolute Gasteiger partial charge is 0.507 e. The van der Waals surface area contributed by atoms with Crippen LogP contribution in [-0.4, -0.2) is 16.6 Å². The standard InChI is InChI=1S/C27H32N2O2/c1-2-3-4-5-17-6-8-18(9-7-17)19-10-12-20(13-11-19)21-16-23(29)25-24(30)15-14-22(28)26(25)27(21)31/h10-18,28,31H,2-9,29H2,1H3. The summed E-state index contributed by atoms with van der Waals surface area (Å²) in [5.74, 6) is 1.18. The highest BCUT2D eigenvalue weighted by Gasteiger charge is 2.26. The van der Waals surface area contributed by atoms with Gasteiger partial charge in [-0.2, -0.15) is 0 Å². The van der Waals surface area contributed by atoms with E-state index in [4.69, 9.17) is 11.1 Å². The van der Waals surface area contributed by atoms with Crippen LogP contribution in [0, 0.1) is 11.3 Å². The van der Waals surface area contributed by atoms with E-state index in [9.17, 15) is 9.90 Å². The lowest BCUT2D eigenvalue weighted by molar-refractivity contribution is 0.104. The van der Waals surface area contributed by atoms with Crippen molar-refractivity contribution in [1.29, 1.82) is 5.41 Å². The molecule has 0 unspecified atom stereocenters. The van der Waals surface area contributed by atoms with Gasteiger partial charge in [0.15, 0.2) is 5.78 Å². The molecule has 0 bridgehead atoms. The van der Waals surface area contributed by atoms with Crippen LogP contribution in [0.4, 0.5) is 5.69 Å². The topological polar surface area (TPSA) is 87.2 Å². The maximum atomic E-state index is 12.2. The fourth-order valence-corrected chi connectivity index (χ4v) is 5.17. The third kappa shape index (κ3) is 4.30. The van der Waals surface area contributed by atoms with Crippen LogP contribution in [0.25, 0.3) is 11.1 Å². The second-order valence-corrected chi connectivity index (χ2v) is 9.06. The van der Waals surface area contributed by atoms with Gasteiger partial charge < -0.3 is 16.2 Å². The van der Waals surface area contributed by atoms with Gasteiger partial charge in [-0.15, -0.1) is 0 Å². The summed E-state index contributed by atoms with van der Waals surface area (Å²) >= 11 is 0. The van der Waals surface area contributed by atoms with E-state index in [0.717, 1.165) is 11.5 Å². The normalized spacial score (nSPS) is 20.7. The number of hydrogen-bond acceptors (Lipinski definition) is 4. The third-order valence-corrected chi connectivity index (χ3v) is 7.00. The average Bonchev–Trinajstić information content (AvgIpc) is 2.78. The zero-order chi connectivity index (χ0) is 22.0. The summed E-state index contributed by atoms with van der Waals surface area (Å²) in [5.41, 5.74) is 9.76. The predicted molar refractivity (Wildman–Crippen MR) is 127 cm³/mol. The minimum atomic E-state index is -0.272. The third-order valence-electron chi connectivity index (χ3n) is 7.00. The van der Waals surface area contributed by atoms with Crippen LogP contribution >= 0.6 is 0 Å². The van der Waals surface area contributed by atoms with Gasteiger partial charge in [-0.3, -0.25) is 4.79 Å². The van der Waals surface area contributed by atoms with E-state index in [2.05, 4.69) is 19.1 Å². The highest BCUT2D eigenvalue weighted by molar-refractivity contribution is 6.26. The summed E-state index contributed by atoms with van der Waals surface area (Å²) in [6.07, 6.45) is 13.3. The highest BCUT2D eigenvalue weighted by Crippen LogP contribution is 2.41. The van der Waals surface area contributed by atoms with Gasteiger partial charge in [-0.1, -0.05) is 56.9 Å². The molecule has 2 aliphatic rings. The van der Waals surface area contributed by atoms with E-state index >= 15 is 0 Å². The SMILES string of the molecule is CCCCCC1CCC(c2ccc(-c3cc(N)c4c(c3O)C(=N)C=CC4=O)cc2)CC1. The van der Waals surface area contributed by atoms with Crippen LogP contribution in [0.15, 0.2) is 42.5 Å². The van der Waals surface area contributed by atoms with Gasteiger partial charge in [0, 0.05) is 11.3 Å². The summed E-state index contributed by atoms with van der Waals surface area (Å²) in [5, 5.41) is 19.0. The van der Waals surface area contributed by atoms with Gasteiger partial charge in [0.2, 0.25) is 0 Å². The van der Waals surface area contributed by atoms with Crippen molar-refractivity contribution in [1.82, 2.24) is 0 Å². The number of nitrogens with two attached hydrogens (primary N) is 1. The van der Waals surface area contributed by atoms with Crippen molar-refractivity contribution in [3.05, 3.63) is 59.2 Å². The van der Waals surface area contributed by atoms with Crippen LogP contribution < -0.4 is 5.73 Å². The Balaban J connectivity index is 1.51. The fourth-order valence-electron chi connectivity index (χ4n) is 5.17. The lowest BCUT2D eigenvalue weighted by Crippen LogP contribution is -2.15. The van der Waals surface area contributed by atoms with E-state index in [1.165, 1.54) is 69.1 Å². The Hall–Kier alpha value is -2.88. The van der Waals surface area contributed by atoms with Gasteiger partial charge in [0.25, 0.3) is 0 Å². The summed E-state index contributed by atoms with van der Waals surface area (Å²) in [6.45, 7) is 2.26. The molecule has 0 heterocycles. The maximum absolute atomic E-state index is 12.2. The number of nitrogen functional groups attached to an aromatic ring is 1. The van der Waals surface area contributed by atoms with E-state index in [1.807, 2.05) is 12.1 Å². The Kier molecular flexibility index (Phi) is 6.26. The number of hydrogen-bond donors (Lipinski definition) is 3. The molecule has 4 rings (SSSR count). The zero-order valence-corrected chi connectivity index (χ0v) is 18.3. The molecule has 0 aromatic heterocycles. The van der Waals surface area contributed by atoms with Gasteiger partial charge in [-0.05, 0) is 66.9 Å². The number of benzene rings is 2. The molecule has 4 N–H and O–H groups in total. The molecule has 2 aromatic carbocycles. The smallest absolute Gasteiger partial charge is 0.188 e. The monoisotopic (exact) mass is 416 g/mol. The van der Waals surface area contributed by atoms with Crippen molar-refractivity contribution in [3.8, 4) is 16.9 Å². The number of carbonyl (C=O) groups excluding carboxylic acids is 1. The van der Waals surface area contributed by atoms with Crippen molar-refractivity contribution in [2.24, 2.45) is 5.92 Å². The van der Waals surface area contributed by atoms with Crippen LogP contribution in [0.1, 0.15) is 85.7 Å². The predicted octanol–water partition coefficient (Wildman–Crippen LogP) is 6.62. The van der Waals surface area contributed by atoms with Crippen LogP contribution in [0.5, 0.6) is 5.75 Å². The molecule has 1 saturated carbocycles. The van der Waals surface area contributed by atoms with Crippen LogP contribution in [0.2, 0.25) is 0 Å². The summed E-state index contributed by atoms with van der Waals surface area (Å²) in [7, 11) is 0. The number of phenols is 1. The maximum Gasteiger partial charge on any atom is 0.188 e. The molecule has 0 saturated heterocycles. The number of aromatic hydroxyl groups is 1. The van der Waals surface area contributed by atoms with Crippen molar-refractivity contribution in [3.63, 3.8) is 0 Å². The number of allylic oxidation sites excluding steroid dienone is 2. The van der Waals surface area contributed by atoms with E-state index in [1.54, 1.807) is 6.07 Å². The Morgan fingerprint density at radius 2 is 1.74 bits per heavy atom. The number of nitrogens with one attached hydrogen (secondary N) is 1. The molecule has 4 nitrogen and oxygen atoms in total. The Bertz CT molecular complexity index is 1010. The average molecular weight is 417 g/mol.